The average molecular weight is 273 g/mol. The Morgan fingerprint density at radius 1 is 1.35 bits per heavy atom. The highest BCUT2D eigenvalue weighted by atomic mass is 16.2. The van der Waals surface area contributed by atoms with Crippen LogP contribution in [0, 0.1) is 24.2 Å². The summed E-state index contributed by atoms with van der Waals surface area (Å²) in [6.07, 6.45) is 0. The fourth-order valence-electron chi connectivity index (χ4n) is 2.07. The van der Waals surface area contributed by atoms with E-state index in [9.17, 15) is 4.79 Å². The molecule has 0 radical (unpaired) electrons. The number of aliphatic hydroxyl groups excluding tert-OH is 1. The van der Waals surface area contributed by atoms with Gasteiger partial charge in [-0.15, -0.1) is 0 Å². The first-order valence-corrected chi connectivity index (χ1v) is 6.70. The van der Waals surface area contributed by atoms with Crippen molar-refractivity contribution in [3.63, 3.8) is 0 Å². The number of benzene rings is 1. The molecule has 3 heteroatoms. The number of aliphatic hydroxyl groups is 1. The number of nitrogens with zero attached hydrogens (tertiary/aromatic N) is 1. The lowest BCUT2D eigenvalue weighted by Gasteiger charge is -2.27. The second-order valence-electron chi connectivity index (χ2n) is 6.23. The summed E-state index contributed by atoms with van der Waals surface area (Å²) in [7, 11) is 1.80. The zero-order chi connectivity index (χ0) is 15.3. The predicted octanol–water partition coefficient (Wildman–Crippen LogP) is 2.46. The van der Waals surface area contributed by atoms with E-state index in [0.29, 0.717) is 17.7 Å². The van der Waals surface area contributed by atoms with Crippen molar-refractivity contribution in [1.82, 2.24) is 4.90 Å². The zero-order valence-electron chi connectivity index (χ0n) is 12.9. The van der Waals surface area contributed by atoms with Crippen LogP contribution in [0.2, 0.25) is 0 Å². The number of amides is 1. The van der Waals surface area contributed by atoms with Gasteiger partial charge in [0.1, 0.15) is 6.61 Å². The van der Waals surface area contributed by atoms with Gasteiger partial charge in [-0.3, -0.25) is 4.79 Å². The van der Waals surface area contributed by atoms with E-state index < -0.39 is 0 Å². The minimum absolute atomic E-state index is 0.0362. The van der Waals surface area contributed by atoms with Gasteiger partial charge < -0.3 is 10.0 Å². The molecule has 0 aliphatic carbocycles. The number of hydrogen-bond donors (Lipinski definition) is 1. The minimum Gasteiger partial charge on any atom is -0.384 e. The van der Waals surface area contributed by atoms with Crippen molar-refractivity contribution in [2.75, 3.05) is 20.2 Å². The molecule has 0 unspecified atom stereocenters. The smallest absolute Gasteiger partial charge is 0.254 e. The number of carbonyl (C=O) groups is 1. The summed E-state index contributed by atoms with van der Waals surface area (Å²) in [5, 5.41) is 8.80. The Kier molecular flexibility index (Phi) is 5.35. The lowest BCUT2D eigenvalue weighted by atomic mass is 9.95. The lowest BCUT2D eigenvalue weighted by Crippen LogP contribution is -2.34. The summed E-state index contributed by atoms with van der Waals surface area (Å²) < 4.78 is 0. The first kappa shape index (κ1) is 16.3. The van der Waals surface area contributed by atoms with Gasteiger partial charge in [0.15, 0.2) is 0 Å². The highest BCUT2D eigenvalue weighted by Gasteiger charge is 2.20. The van der Waals surface area contributed by atoms with E-state index in [1.54, 1.807) is 11.9 Å². The molecule has 1 amide bonds. The first-order valence-electron chi connectivity index (χ1n) is 6.70. The standard InChI is InChI=1S/C17H23NO2/c1-13-8-9-14(7-6-10-19)15(11-13)16(20)18(5)12-17(2,3)4/h8-9,11,19H,10,12H2,1-5H3. The Balaban J connectivity index is 3.11. The summed E-state index contributed by atoms with van der Waals surface area (Å²) in [5.41, 5.74) is 2.32. The molecule has 0 aliphatic rings. The molecule has 1 aromatic rings. The molecule has 20 heavy (non-hydrogen) atoms. The van der Waals surface area contributed by atoms with E-state index >= 15 is 0 Å². The van der Waals surface area contributed by atoms with Crippen LogP contribution in [0.1, 0.15) is 42.3 Å². The number of rotatable bonds is 2. The van der Waals surface area contributed by atoms with Crippen LogP contribution >= 0.6 is 0 Å². The van der Waals surface area contributed by atoms with E-state index in [1.165, 1.54) is 0 Å². The van der Waals surface area contributed by atoms with Gasteiger partial charge in [0.05, 0.1) is 5.56 Å². The Labute approximate surface area is 121 Å². The molecule has 0 fully saturated rings. The van der Waals surface area contributed by atoms with Crippen molar-refractivity contribution < 1.29 is 9.90 Å². The lowest BCUT2D eigenvalue weighted by molar-refractivity contribution is 0.0745. The predicted molar refractivity (Wildman–Crippen MR) is 81.6 cm³/mol. The summed E-state index contributed by atoms with van der Waals surface area (Å²) >= 11 is 0. The molecule has 1 aromatic carbocycles. The van der Waals surface area contributed by atoms with Gasteiger partial charge in [0, 0.05) is 19.2 Å². The minimum atomic E-state index is -0.209. The normalized spacial score (nSPS) is 10.7. The van der Waals surface area contributed by atoms with Crippen molar-refractivity contribution in [3.05, 3.63) is 34.9 Å². The Hall–Kier alpha value is -1.79. The highest BCUT2D eigenvalue weighted by Crippen LogP contribution is 2.18. The monoisotopic (exact) mass is 273 g/mol. The molecule has 0 heterocycles. The van der Waals surface area contributed by atoms with Crippen LogP contribution in [-0.4, -0.2) is 36.1 Å². The van der Waals surface area contributed by atoms with Crippen molar-refractivity contribution in [1.29, 1.82) is 0 Å². The van der Waals surface area contributed by atoms with Gasteiger partial charge in [-0.1, -0.05) is 44.2 Å². The summed E-state index contributed by atoms with van der Waals surface area (Å²) in [4.78, 5) is 14.3. The van der Waals surface area contributed by atoms with Crippen LogP contribution in [0.15, 0.2) is 18.2 Å². The first-order chi connectivity index (χ1) is 9.24. The molecule has 0 bridgehead atoms. The molecule has 0 spiro atoms. The van der Waals surface area contributed by atoms with E-state index in [4.69, 9.17) is 5.11 Å². The van der Waals surface area contributed by atoms with Gasteiger partial charge in [-0.05, 0) is 24.5 Å². The summed E-state index contributed by atoms with van der Waals surface area (Å²) in [6, 6.07) is 5.60. The molecule has 0 saturated carbocycles. The van der Waals surface area contributed by atoms with Gasteiger partial charge in [-0.2, -0.15) is 0 Å². The van der Waals surface area contributed by atoms with Gasteiger partial charge in [-0.25, -0.2) is 0 Å². The quantitative estimate of drug-likeness (QED) is 0.841. The molecular formula is C17H23NO2. The third-order valence-electron chi connectivity index (χ3n) is 2.77. The van der Waals surface area contributed by atoms with Crippen LogP contribution < -0.4 is 0 Å². The number of hydrogen-bond acceptors (Lipinski definition) is 2. The number of carbonyl (C=O) groups excluding carboxylic acids is 1. The maximum atomic E-state index is 12.6. The summed E-state index contributed by atoms with van der Waals surface area (Å²) in [6.45, 7) is 8.70. The van der Waals surface area contributed by atoms with Crippen molar-refractivity contribution in [3.8, 4) is 11.8 Å². The van der Waals surface area contributed by atoms with E-state index in [1.807, 2.05) is 25.1 Å². The van der Waals surface area contributed by atoms with Crippen molar-refractivity contribution in [2.24, 2.45) is 5.41 Å². The molecular weight excluding hydrogens is 250 g/mol. The van der Waals surface area contributed by atoms with Gasteiger partial charge in [0.25, 0.3) is 5.91 Å². The Morgan fingerprint density at radius 2 is 2.00 bits per heavy atom. The van der Waals surface area contributed by atoms with Crippen LogP contribution in [0.5, 0.6) is 0 Å². The maximum Gasteiger partial charge on any atom is 0.254 e. The third kappa shape index (κ3) is 4.71. The van der Waals surface area contributed by atoms with Gasteiger partial charge >= 0.3 is 0 Å². The Bertz CT molecular complexity index is 544. The zero-order valence-corrected chi connectivity index (χ0v) is 12.9. The Morgan fingerprint density at radius 3 is 2.55 bits per heavy atom. The van der Waals surface area contributed by atoms with E-state index in [2.05, 4.69) is 32.6 Å². The molecule has 0 atom stereocenters. The van der Waals surface area contributed by atoms with Crippen LogP contribution in [-0.2, 0) is 0 Å². The van der Waals surface area contributed by atoms with Crippen LogP contribution in [0.4, 0.5) is 0 Å². The van der Waals surface area contributed by atoms with Crippen LogP contribution in [0.25, 0.3) is 0 Å². The molecule has 0 aromatic heterocycles. The summed E-state index contributed by atoms with van der Waals surface area (Å²) in [5.74, 6) is 5.41. The number of aryl methyl sites for hydroxylation is 1. The SMILES string of the molecule is Cc1ccc(C#CCO)c(C(=O)N(C)CC(C)(C)C)c1. The third-order valence-corrected chi connectivity index (χ3v) is 2.77. The molecule has 108 valence electrons. The fraction of sp³-hybridized carbons (Fsp3) is 0.471. The molecule has 3 nitrogen and oxygen atoms in total. The maximum absolute atomic E-state index is 12.6. The van der Waals surface area contributed by atoms with Gasteiger partial charge in [0.2, 0.25) is 0 Å². The second kappa shape index (κ2) is 6.58. The van der Waals surface area contributed by atoms with E-state index in [-0.39, 0.29) is 17.9 Å². The molecule has 0 aliphatic heterocycles. The second-order valence-corrected chi connectivity index (χ2v) is 6.23. The van der Waals surface area contributed by atoms with E-state index in [0.717, 1.165) is 5.56 Å². The van der Waals surface area contributed by atoms with Crippen molar-refractivity contribution in [2.45, 2.75) is 27.7 Å². The molecule has 1 N–H and O–H groups in total. The highest BCUT2D eigenvalue weighted by molar-refractivity contribution is 5.96. The van der Waals surface area contributed by atoms with Crippen molar-refractivity contribution >= 4 is 5.91 Å². The molecule has 1 rings (SSSR count). The van der Waals surface area contributed by atoms with Crippen LogP contribution in [0.3, 0.4) is 0 Å². The largest absolute Gasteiger partial charge is 0.384 e. The fourth-order valence-corrected chi connectivity index (χ4v) is 2.07. The average Bonchev–Trinajstić information content (AvgIpc) is 2.34. The topological polar surface area (TPSA) is 40.5 Å². The molecule has 0 saturated heterocycles.